The number of carbonyl (C=O) groups is 1. The molecule has 0 fully saturated rings. The van der Waals surface area contributed by atoms with Crippen molar-refractivity contribution < 1.29 is 9.18 Å². The summed E-state index contributed by atoms with van der Waals surface area (Å²) in [4.78, 5) is 16.8. The number of amides is 1. The number of imidazole rings is 1. The third-order valence-electron chi connectivity index (χ3n) is 4.00. The van der Waals surface area contributed by atoms with Crippen LogP contribution in [-0.2, 0) is 18.3 Å². The Morgan fingerprint density at radius 2 is 2.04 bits per heavy atom. The highest BCUT2D eigenvalue weighted by molar-refractivity contribution is 6.35. The van der Waals surface area contributed by atoms with E-state index in [9.17, 15) is 9.18 Å². The summed E-state index contributed by atoms with van der Waals surface area (Å²) in [7, 11) is 1.79. The Hall–Kier alpha value is -2.37. The fraction of sp³-hybridized carbons (Fsp3) is 0.158. The average molecular weight is 392 g/mol. The Morgan fingerprint density at radius 3 is 2.69 bits per heavy atom. The van der Waals surface area contributed by atoms with Crippen LogP contribution in [0.5, 0.6) is 0 Å². The minimum atomic E-state index is -0.713. The van der Waals surface area contributed by atoms with E-state index in [0.29, 0.717) is 27.0 Å². The van der Waals surface area contributed by atoms with Crippen LogP contribution < -0.4 is 5.32 Å². The first kappa shape index (κ1) is 18.4. The first-order chi connectivity index (χ1) is 12.5. The number of benzene rings is 2. The maximum absolute atomic E-state index is 14.3. The van der Waals surface area contributed by atoms with E-state index < -0.39 is 11.9 Å². The van der Waals surface area contributed by atoms with Gasteiger partial charge in [-0.05, 0) is 23.8 Å². The van der Waals surface area contributed by atoms with Crippen LogP contribution in [0.4, 0.5) is 4.39 Å². The highest BCUT2D eigenvalue weighted by Crippen LogP contribution is 2.25. The van der Waals surface area contributed by atoms with Crippen molar-refractivity contribution in [3.05, 3.63) is 87.7 Å². The van der Waals surface area contributed by atoms with Crippen molar-refractivity contribution in [2.45, 2.75) is 12.5 Å². The van der Waals surface area contributed by atoms with Gasteiger partial charge in [0.1, 0.15) is 17.7 Å². The second kappa shape index (κ2) is 7.89. The van der Waals surface area contributed by atoms with E-state index in [1.807, 2.05) is 0 Å². The SMILES string of the molecule is Cn1ccnc1[C@@H](NC(=O)Cc1ccc(Cl)cc1Cl)c1ccccc1F. The molecule has 1 N–H and O–H groups in total. The van der Waals surface area contributed by atoms with Crippen LogP contribution in [0, 0.1) is 5.82 Å². The number of rotatable bonds is 5. The topological polar surface area (TPSA) is 46.9 Å². The summed E-state index contributed by atoms with van der Waals surface area (Å²) >= 11 is 12.0. The summed E-state index contributed by atoms with van der Waals surface area (Å²) in [5.74, 6) is -0.179. The van der Waals surface area contributed by atoms with Gasteiger partial charge in [0, 0.05) is 35.1 Å². The third-order valence-corrected chi connectivity index (χ3v) is 4.59. The monoisotopic (exact) mass is 391 g/mol. The van der Waals surface area contributed by atoms with E-state index in [2.05, 4.69) is 10.3 Å². The van der Waals surface area contributed by atoms with Crippen LogP contribution in [-0.4, -0.2) is 15.5 Å². The number of aryl methyl sites for hydroxylation is 1. The molecule has 0 aliphatic rings. The molecule has 0 aliphatic carbocycles. The van der Waals surface area contributed by atoms with Crippen molar-refractivity contribution in [3.8, 4) is 0 Å². The van der Waals surface area contributed by atoms with Crippen LogP contribution >= 0.6 is 23.2 Å². The lowest BCUT2D eigenvalue weighted by Gasteiger charge is -2.20. The van der Waals surface area contributed by atoms with Gasteiger partial charge in [-0.3, -0.25) is 4.79 Å². The van der Waals surface area contributed by atoms with Gasteiger partial charge in [0.05, 0.1) is 6.42 Å². The molecule has 0 radical (unpaired) electrons. The van der Waals surface area contributed by atoms with Crippen LogP contribution in [0.3, 0.4) is 0 Å². The molecular weight excluding hydrogens is 376 g/mol. The van der Waals surface area contributed by atoms with Gasteiger partial charge < -0.3 is 9.88 Å². The molecule has 0 aliphatic heterocycles. The summed E-state index contributed by atoms with van der Waals surface area (Å²) < 4.78 is 16.1. The lowest BCUT2D eigenvalue weighted by Crippen LogP contribution is -2.32. The van der Waals surface area contributed by atoms with E-state index in [0.717, 1.165) is 0 Å². The standard InChI is InChI=1S/C19H16Cl2FN3O/c1-25-9-8-23-19(25)18(14-4-2-3-5-16(14)22)24-17(26)10-12-6-7-13(20)11-15(12)21/h2-9,11,18H,10H2,1H3,(H,24,26)/t18-/m0/s1. The second-order valence-corrected chi connectivity index (χ2v) is 6.67. The van der Waals surface area contributed by atoms with Crippen LogP contribution in [0.25, 0.3) is 0 Å². The van der Waals surface area contributed by atoms with Gasteiger partial charge in [0.2, 0.25) is 5.91 Å². The molecule has 0 spiro atoms. The number of nitrogens with zero attached hydrogens (tertiary/aromatic N) is 2. The van der Waals surface area contributed by atoms with Crippen molar-refractivity contribution in [2.24, 2.45) is 7.05 Å². The molecule has 1 aromatic heterocycles. The van der Waals surface area contributed by atoms with Gasteiger partial charge in [-0.1, -0.05) is 47.5 Å². The molecule has 3 aromatic rings. The Bertz CT molecular complexity index is 942. The van der Waals surface area contributed by atoms with Crippen molar-refractivity contribution in [2.75, 3.05) is 0 Å². The summed E-state index contributed by atoms with van der Waals surface area (Å²) in [5, 5.41) is 3.76. The van der Waals surface area contributed by atoms with E-state index >= 15 is 0 Å². The Morgan fingerprint density at radius 1 is 1.27 bits per heavy atom. The maximum atomic E-state index is 14.3. The molecule has 0 saturated carbocycles. The molecule has 0 bridgehead atoms. The minimum absolute atomic E-state index is 0.0470. The second-order valence-electron chi connectivity index (χ2n) is 5.83. The molecule has 1 atom stereocenters. The van der Waals surface area contributed by atoms with Crippen LogP contribution in [0.2, 0.25) is 10.0 Å². The van der Waals surface area contributed by atoms with Crippen LogP contribution in [0.1, 0.15) is 23.0 Å². The van der Waals surface area contributed by atoms with Gasteiger partial charge in [0.15, 0.2) is 0 Å². The molecule has 7 heteroatoms. The van der Waals surface area contributed by atoms with Gasteiger partial charge >= 0.3 is 0 Å². The van der Waals surface area contributed by atoms with Gasteiger partial charge in [-0.15, -0.1) is 0 Å². The molecule has 2 aromatic carbocycles. The van der Waals surface area contributed by atoms with Crippen molar-refractivity contribution in [3.63, 3.8) is 0 Å². The molecule has 0 saturated heterocycles. The first-order valence-electron chi connectivity index (χ1n) is 7.90. The molecule has 3 rings (SSSR count). The predicted molar refractivity (Wildman–Crippen MR) is 99.8 cm³/mol. The van der Waals surface area contributed by atoms with Gasteiger partial charge in [-0.25, -0.2) is 9.37 Å². The first-order valence-corrected chi connectivity index (χ1v) is 8.66. The fourth-order valence-electron chi connectivity index (χ4n) is 2.70. The van der Waals surface area contributed by atoms with E-state index in [1.165, 1.54) is 6.07 Å². The zero-order chi connectivity index (χ0) is 18.7. The Kier molecular flexibility index (Phi) is 5.59. The van der Waals surface area contributed by atoms with Crippen molar-refractivity contribution in [1.82, 2.24) is 14.9 Å². The minimum Gasteiger partial charge on any atom is -0.342 e. The summed E-state index contributed by atoms with van der Waals surface area (Å²) in [6.07, 6.45) is 3.39. The Labute approximate surface area is 160 Å². The maximum Gasteiger partial charge on any atom is 0.225 e. The lowest BCUT2D eigenvalue weighted by atomic mass is 10.0. The molecular formula is C19H16Cl2FN3O. The number of nitrogens with one attached hydrogen (secondary N) is 1. The molecule has 1 amide bonds. The summed E-state index contributed by atoms with van der Waals surface area (Å²) in [6, 6.07) is 10.5. The van der Waals surface area contributed by atoms with E-state index in [4.69, 9.17) is 23.2 Å². The number of hydrogen-bond acceptors (Lipinski definition) is 2. The largest absolute Gasteiger partial charge is 0.342 e. The third kappa shape index (κ3) is 4.06. The normalized spacial score (nSPS) is 12.0. The zero-order valence-corrected chi connectivity index (χ0v) is 15.4. The predicted octanol–water partition coefficient (Wildman–Crippen LogP) is 4.31. The molecule has 134 valence electrons. The summed E-state index contributed by atoms with van der Waals surface area (Å²) in [5.41, 5.74) is 0.984. The Balaban J connectivity index is 1.87. The van der Waals surface area contributed by atoms with E-state index in [-0.39, 0.29) is 12.3 Å². The fourth-order valence-corrected chi connectivity index (χ4v) is 3.17. The molecule has 1 heterocycles. The highest BCUT2D eigenvalue weighted by atomic mass is 35.5. The zero-order valence-electron chi connectivity index (χ0n) is 13.9. The van der Waals surface area contributed by atoms with Gasteiger partial charge in [-0.2, -0.15) is 0 Å². The molecule has 4 nitrogen and oxygen atoms in total. The van der Waals surface area contributed by atoms with E-state index in [1.54, 1.807) is 60.4 Å². The number of carbonyl (C=O) groups excluding carboxylic acids is 1. The number of hydrogen-bond donors (Lipinski definition) is 1. The lowest BCUT2D eigenvalue weighted by molar-refractivity contribution is -0.121. The smallest absolute Gasteiger partial charge is 0.225 e. The quantitative estimate of drug-likeness (QED) is 0.703. The molecule has 0 unspecified atom stereocenters. The van der Waals surface area contributed by atoms with Crippen molar-refractivity contribution in [1.29, 1.82) is 0 Å². The van der Waals surface area contributed by atoms with Gasteiger partial charge in [0.25, 0.3) is 0 Å². The number of halogens is 3. The van der Waals surface area contributed by atoms with Crippen molar-refractivity contribution >= 4 is 29.1 Å². The average Bonchev–Trinajstić information content (AvgIpc) is 3.02. The van der Waals surface area contributed by atoms with Crippen LogP contribution in [0.15, 0.2) is 54.9 Å². The molecule has 26 heavy (non-hydrogen) atoms. The summed E-state index contributed by atoms with van der Waals surface area (Å²) in [6.45, 7) is 0. The highest BCUT2D eigenvalue weighted by Gasteiger charge is 2.23. The number of aromatic nitrogens is 2.